The lowest BCUT2D eigenvalue weighted by Crippen LogP contribution is -2.41. The monoisotopic (exact) mass is 160 g/mol. The van der Waals surface area contributed by atoms with Gasteiger partial charge in [-0.1, -0.05) is 13.8 Å². The average molecular weight is 160 g/mol. The van der Waals surface area contributed by atoms with Crippen LogP contribution < -0.4 is 0 Å². The molecule has 2 bridgehead atoms. The quantitative estimate of drug-likeness (QED) is 0.510. The minimum absolute atomic E-state index is 1.09. The molecule has 0 aliphatic heterocycles. The topological polar surface area (TPSA) is 0 Å². The van der Waals surface area contributed by atoms with Gasteiger partial charge in [0.15, 0.2) is 0 Å². The van der Waals surface area contributed by atoms with Gasteiger partial charge in [0.05, 0.1) is 0 Å². The van der Waals surface area contributed by atoms with Crippen LogP contribution in [0.25, 0.3) is 0 Å². The van der Waals surface area contributed by atoms with E-state index in [2.05, 4.69) is 13.8 Å². The van der Waals surface area contributed by atoms with Crippen LogP contribution in [0.3, 0.4) is 0 Å². The van der Waals surface area contributed by atoms with Gasteiger partial charge in [-0.05, 0) is 59.2 Å². The predicted molar refractivity (Wildman–Crippen MR) is 46.2 cm³/mol. The van der Waals surface area contributed by atoms with E-state index in [1.54, 1.807) is 0 Å². The standard InChI is InChI=1S/C12H16/c1-3-4(2)6-9-7-5(3)8-10(6)12(8)11(7)9/h3-12H,1-2H3/t3-,4+,5?,6?,7+,8+,9-,10-,11?,12?. The van der Waals surface area contributed by atoms with Gasteiger partial charge >= 0.3 is 0 Å². The first-order chi connectivity index (χ1) is 5.82. The maximum Gasteiger partial charge on any atom is -0.0312 e. The molecule has 0 nitrogen and oxygen atoms in total. The summed E-state index contributed by atoms with van der Waals surface area (Å²) in [4.78, 5) is 0. The zero-order valence-electron chi connectivity index (χ0n) is 7.77. The molecule has 0 aromatic heterocycles. The van der Waals surface area contributed by atoms with Crippen LogP contribution >= 0.6 is 0 Å². The maximum atomic E-state index is 2.55. The second kappa shape index (κ2) is 1.22. The highest BCUT2D eigenvalue weighted by Gasteiger charge is 2.89. The van der Waals surface area contributed by atoms with Gasteiger partial charge in [-0.15, -0.1) is 0 Å². The van der Waals surface area contributed by atoms with Crippen LogP contribution in [0.1, 0.15) is 13.8 Å². The summed E-state index contributed by atoms with van der Waals surface area (Å²) in [5.74, 6) is 12.2. The minimum Gasteiger partial charge on any atom is -0.0620 e. The first-order valence-electron chi connectivity index (χ1n) is 5.82. The predicted octanol–water partition coefficient (Wildman–Crippen LogP) is 2.26. The first-order valence-corrected chi connectivity index (χ1v) is 5.82. The van der Waals surface area contributed by atoms with Gasteiger partial charge in [0.25, 0.3) is 0 Å². The Labute approximate surface area is 73.7 Å². The molecule has 0 amide bonds. The Hall–Kier alpha value is 0. The Morgan fingerprint density at radius 1 is 0.417 bits per heavy atom. The summed E-state index contributed by atoms with van der Waals surface area (Å²) in [5.41, 5.74) is 0. The van der Waals surface area contributed by atoms with Crippen LogP contribution in [0.5, 0.6) is 0 Å². The van der Waals surface area contributed by atoms with E-state index in [1.165, 1.54) is 47.3 Å². The Bertz CT molecular complexity index is 244. The summed E-state index contributed by atoms with van der Waals surface area (Å²) in [6, 6.07) is 0. The van der Waals surface area contributed by atoms with Crippen LogP contribution in [0.2, 0.25) is 0 Å². The molecule has 0 heteroatoms. The van der Waals surface area contributed by atoms with E-state index in [9.17, 15) is 0 Å². The van der Waals surface area contributed by atoms with Gasteiger partial charge in [-0.25, -0.2) is 0 Å². The fraction of sp³-hybridized carbons (Fsp3) is 1.00. The molecule has 6 saturated carbocycles. The van der Waals surface area contributed by atoms with Crippen molar-refractivity contribution in [3.8, 4) is 0 Å². The van der Waals surface area contributed by atoms with Gasteiger partial charge in [-0.3, -0.25) is 0 Å². The smallest absolute Gasteiger partial charge is 0.0312 e. The van der Waals surface area contributed by atoms with Crippen molar-refractivity contribution in [1.82, 2.24) is 0 Å². The molecule has 6 aliphatic carbocycles. The molecular formula is C12H16. The summed E-state index contributed by atoms with van der Waals surface area (Å²) in [6.07, 6.45) is 0. The largest absolute Gasteiger partial charge is 0.0620 e. The normalized spacial score (nSPS) is 90.5. The molecule has 0 saturated heterocycles. The molecular weight excluding hydrogens is 144 g/mol. The number of hydrogen-bond donors (Lipinski definition) is 0. The molecule has 6 rings (SSSR count). The number of fused-ring (bicyclic) bond motifs is 1. The van der Waals surface area contributed by atoms with Crippen molar-refractivity contribution >= 4 is 0 Å². The van der Waals surface area contributed by atoms with Gasteiger partial charge in [0.2, 0.25) is 0 Å². The van der Waals surface area contributed by atoms with E-state index in [4.69, 9.17) is 0 Å². The molecule has 0 aromatic carbocycles. The molecule has 64 valence electrons. The van der Waals surface area contributed by atoms with Crippen molar-refractivity contribution in [2.24, 2.45) is 59.2 Å². The van der Waals surface area contributed by atoms with E-state index in [-0.39, 0.29) is 0 Å². The van der Waals surface area contributed by atoms with Crippen molar-refractivity contribution in [2.75, 3.05) is 0 Å². The zero-order chi connectivity index (χ0) is 7.77. The summed E-state index contributed by atoms with van der Waals surface area (Å²) in [7, 11) is 0. The Kier molecular flexibility index (Phi) is 0.578. The van der Waals surface area contributed by atoms with Gasteiger partial charge in [0.1, 0.15) is 0 Å². The molecule has 0 radical (unpaired) electrons. The minimum atomic E-state index is 1.09. The SMILES string of the molecule is C[C@@H]1C2[C@H]3C4C5[C@H]2[C@@H]5C([C@H]43)[C@@H]1C. The van der Waals surface area contributed by atoms with Crippen LogP contribution in [-0.2, 0) is 0 Å². The van der Waals surface area contributed by atoms with Gasteiger partial charge in [-0.2, -0.15) is 0 Å². The molecule has 12 heavy (non-hydrogen) atoms. The molecule has 0 aromatic rings. The highest BCUT2D eigenvalue weighted by molar-refractivity contribution is 5.36. The Balaban J connectivity index is 1.79. The zero-order valence-corrected chi connectivity index (χ0v) is 7.77. The van der Waals surface area contributed by atoms with Crippen molar-refractivity contribution in [3.63, 3.8) is 0 Å². The van der Waals surface area contributed by atoms with Crippen molar-refractivity contribution < 1.29 is 0 Å². The fourth-order valence-electron chi connectivity index (χ4n) is 6.47. The average Bonchev–Trinajstić information content (AvgIpc) is 2.88. The lowest BCUT2D eigenvalue weighted by atomic mass is 9.60. The van der Waals surface area contributed by atoms with E-state index in [0.29, 0.717) is 0 Å². The van der Waals surface area contributed by atoms with Crippen LogP contribution in [-0.4, -0.2) is 0 Å². The lowest BCUT2D eigenvalue weighted by molar-refractivity contribution is 0.0239. The summed E-state index contributed by atoms with van der Waals surface area (Å²) < 4.78 is 0. The molecule has 0 heterocycles. The van der Waals surface area contributed by atoms with E-state index in [1.807, 2.05) is 0 Å². The molecule has 6 aliphatic rings. The van der Waals surface area contributed by atoms with Crippen LogP contribution in [0.15, 0.2) is 0 Å². The van der Waals surface area contributed by atoms with Gasteiger partial charge in [0, 0.05) is 0 Å². The van der Waals surface area contributed by atoms with Crippen LogP contribution in [0, 0.1) is 59.2 Å². The van der Waals surface area contributed by atoms with E-state index in [0.717, 1.165) is 11.8 Å². The van der Waals surface area contributed by atoms with Crippen molar-refractivity contribution in [3.05, 3.63) is 0 Å². The lowest BCUT2D eigenvalue weighted by Gasteiger charge is -2.45. The van der Waals surface area contributed by atoms with E-state index < -0.39 is 0 Å². The fourth-order valence-corrected chi connectivity index (χ4v) is 6.47. The molecule has 2 unspecified atom stereocenters. The van der Waals surface area contributed by atoms with Crippen molar-refractivity contribution in [2.45, 2.75) is 13.8 Å². The third-order valence-corrected chi connectivity index (χ3v) is 6.65. The second-order valence-electron chi connectivity index (χ2n) is 6.34. The maximum absolute atomic E-state index is 2.55. The molecule has 0 spiro atoms. The molecule has 6 fully saturated rings. The van der Waals surface area contributed by atoms with Crippen LogP contribution in [0.4, 0.5) is 0 Å². The van der Waals surface area contributed by atoms with E-state index >= 15 is 0 Å². The second-order valence-corrected chi connectivity index (χ2v) is 6.34. The summed E-state index contributed by atoms with van der Waals surface area (Å²) in [5, 5.41) is 0. The highest BCUT2D eigenvalue weighted by Crippen LogP contribution is 2.93. The third kappa shape index (κ3) is 0.300. The Morgan fingerprint density at radius 3 is 1.00 bits per heavy atom. The van der Waals surface area contributed by atoms with Crippen molar-refractivity contribution in [1.29, 1.82) is 0 Å². The highest BCUT2D eigenvalue weighted by atomic mass is 14.9. The molecule has 8 atom stereocenters. The summed E-state index contributed by atoms with van der Waals surface area (Å²) >= 11 is 0. The molecule has 0 N–H and O–H groups in total. The number of hydrogen-bond acceptors (Lipinski definition) is 0. The summed E-state index contributed by atoms with van der Waals surface area (Å²) in [6.45, 7) is 5.09. The van der Waals surface area contributed by atoms with Gasteiger partial charge < -0.3 is 0 Å². The third-order valence-electron chi connectivity index (χ3n) is 6.65. The Morgan fingerprint density at radius 2 is 0.667 bits per heavy atom. The number of rotatable bonds is 0. The first kappa shape index (κ1) is 5.67.